The standard InChI is InChI=1S/C22H27ClN4OS/c1-2-8-27-20-7-6-18(24-15-16-4-3-5-17(23)13-16)14-19(20)21(25-27)22(28)26-9-11-29-12-10-26/h2-5,13,18,24H,1,6-12,14-15H2. The van der Waals surface area contributed by atoms with E-state index in [4.69, 9.17) is 16.7 Å². The number of aromatic nitrogens is 2. The Balaban J connectivity index is 1.52. The first-order valence-corrected chi connectivity index (χ1v) is 11.7. The summed E-state index contributed by atoms with van der Waals surface area (Å²) in [6, 6.07) is 8.27. The summed E-state index contributed by atoms with van der Waals surface area (Å²) in [4.78, 5) is 15.2. The number of thioether (sulfide) groups is 1. The van der Waals surface area contributed by atoms with Crippen molar-refractivity contribution in [2.24, 2.45) is 0 Å². The van der Waals surface area contributed by atoms with Crippen molar-refractivity contribution in [2.45, 2.75) is 38.4 Å². The number of hydrogen-bond acceptors (Lipinski definition) is 4. The molecule has 0 radical (unpaired) electrons. The first-order valence-electron chi connectivity index (χ1n) is 10.2. The van der Waals surface area contributed by atoms with Crippen molar-refractivity contribution in [2.75, 3.05) is 24.6 Å². The van der Waals surface area contributed by atoms with E-state index in [2.05, 4.69) is 18.0 Å². The molecule has 1 aromatic carbocycles. The monoisotopic (exact) mass is 430 g/mol. The summed E-state index contributed by atoms with van der Waals surface area (Å²) >= 11 is 8.01. The van der Waals surface area contributed by atoms with Gasteiger partial charge in [0.25, 0.3) is 5.91 Å². The molecule has 154 valence electrons. The van der Waals surface area contributed by atoms with Crippen LogP contribution in [0.1, 0.15) is 33.7 Å². The molecule has 4 rings (SSSR count). The van der Waals surface area contributed by atoms with Crippen molar-refractivity contribution in [3.63, 3.8) is 0 Å². The van der Waals surface area contributed by atoms with Gasteiger partial charge in [-0.1, -0.05) is 29.8 Å². The van der Waals surface area contributed by atoms with Crippen LogP contribution in [0.5, 0.6) is 0 Å². The highest BCUT2D eigenvalue weighted by atomic mass is 35.5. The smallest absolute Gasteiger partial charge is 0.274 e. The maximum atomic E-state index is 13.2. The van der Waals surface area contributed by atoms with Crippen LogP contribution in [0.25, 0.3) is 0 Å². The van der Waals surface area contributed by atoms with Crippen LogP contribution in [0.3, 0.4) is 0 Å². The second-order valence-corrected chi connectivity index (χ2v) is 9.26. The third kappa shape index (κ3) is 4.71. The molecule has 1 atom stereocenters. The third-order valence-electron chi connectivity index (χ3n) is 5.63. The summed E-state index contributed by atoms with van der Waals surface area (Å²) in [5.74, 6) is 2.09. The van der Waals surface area contributed by atoms with E-state index in [1.54, 1.807) is 0 Å². The minimum absolute atomic E-state index is 0.0832. The lowest BCUT2D eigenvalue weighted by molar-refractivity contribution is 0.0764. The van der Waals surface area contributed by atoms with E-state index in [0.717, 1.165) is 61.0 Å². The van der Waals surface area contributed by atoms with Crippen LogP contribution < -0.4 is 5.32 Å². The van der Waals surface area contributed by atoms with E-state index in [9.17, 15) is 4.79 Å². The topological polar surface area (TPSA) is 50.2 Å². The van der Waals surface area contributed by atoms with Crippen molar-refractivity contribution in [3.8, 4) is 0 Å². The van der Waals surface area contributed by atoms with Gasteiger partial charge in [0.1, 0.15) is 0 Å². The van der Waals surface area contributed by atoms with E-state index < -0.39 is 0 Å². The average molecular weight is 431 g/mol. The highest BCUT2D eigenvalue weighted by molar-refractivity contribution is 7.99. The van der Waals surface area contributed by atoms with Crippen LogP contribution in [-0.2, 0) is 25.9 Å². The number of hydrogen-bond donors (Lipinski definition) is 1. The van der Waals surface area contributed by atoms with Crippen molar-refractivity contribution in [1.82, 2.24) is 20.0 Å². The largest absolute Gasteiger partial charge is 0.336 e. The Hall–Kier alpha value is -1.76. The van der Waals surface area contributed by atoms with E-state index in [1.165, 1.54) is 11.3 Å². The number of amides is 1. The van der Waals surface area contributed by atoms with Crippen LogP contribution in [-0.4, -0.2) is 51.2 Å². The second kappa shape index (κ2) is 9.37. The minimum Gasteiger partial charge on any atom is -0.336 e. The fraction of sp³-hybridized carbons (Fsp3) is 0.455. The Bertz CT molecular complexity index is 891. The number of nitrogens with one attached hydrogen (secondary N) is 1. The highest BCUT2D eigenvalue weighted by Gasteiger charge is 2.31. The number of fused-ring (bicyclic) bond motifs is 1. The van der Waals surface area contributed by atoms with Gasteiger partial charge >= 0.3 is 0 Å². The highest BCUT2D eigenvalue weighted by Crippen LogP contribution is 2.27. The van der Waals surface area contributed by atoms with Gasteiger partial charge in [0.15, 0.2) is 5.69 Å². The molecule has 1 aromatic heterocycles. The molecule has 1 aliphatic carbocycles. The molecule has 0 spiro atoms. The summed E-state index contributed by atoms with van der Waals surface area (Å²) in [7, 11) is 0. The van der Waals surface area contributed by atoms with Crippen LogP contribution in [0.4, 0.5) is 0 Å². The normalized spacial score (nSPS) is 19.1. The third-order valence-corrected chi connectivity index (χ3v) is 6.81. The lowest BCUT2D eigenvalue weighted by atomic mass is 9.91. The summed E-state index contributed by atoms with van der Waals surface area (Å²) in [6.45, 7) is 6.89. The van der Waals surface area contributed by atoms with Crippen molar-refractivity contribution < 1.29 is 4.79 Å². The Kier molecular flexibility index (Phi) is 6.63. The zero-order valence-corrected chi connectivity index (χ0v) is 18.1. The van der Waals surface area contributed by atoms with Gasteiger partial charge in [0, 0.05) is 53.5 Å². The van der Waals surface area contributed by atoms with Crippen LogP contribution in [0.2, 0.25) is 5.02 Å². The molecule has 29 heavy (non-hydrogen) atoms. The molecular weight excluding hydrogens is 404 g/mol. The number of carbonyl (C=O) groups is 1. The Morgan fingerprint density at radius 1 is 1.38 bits per heavy atom. The summed E-state index contributed by atoms with van der Waals surface area (Å²) in [5, 5.41) is 9.13. The molecule has 5 nitrogen and oxygen atoms in total. The lowest BCUT2D eigenvalue weighted by Crippen LogP contribution is -2.39. The van der Waals surface area contributed by atoms with Gasteiger partial charge in [-0.2, -0.15) is 16.9 Å². The Morgan fingerprint density at radius 3 is 2.97 bits per heavy atom. The van der Waals surface area contributed by atoms with Crippen molar-refractivity contribution >= 4 is 29.3 Å². The van der Waals surface area contributed by atoms with E-state index in [0.29, 0.717) is 18.3 Å². The average Bonchev–Trinajstić information content (AvgIpc) is 3.10. The van der Waals surface area contributed by atoms with Gasteiger partial charge in [0.2, 0.25) is 0 Å². The first-order chi connectivity index (χ1) is 14.2. The molecule has 2 aromatic rings. The quantitative estimate of drug-likeness (QED) is 0.712. The molecule has 1 aliphatic heterocycles. The number of halogens is 1. The second-order valence-electron chi connectivity index (χ2n) is 7.60. The Morgan fingerprint density at radius 2 is 2.21 bits per heavy atom. The van der Waals surface area contributed by atoms with Gasteiger partial charge in [-0.25, -0.2) is 0 Å². The fourth-order valence-electron chi connectivity index (χ4n) is 4.13. The molecule has 1 fully saturated rings. The fourth-order valence-corrected chi connectivity index (χ4v) is 5.25. The van der Waals surface area contributed by atoms with Crippen molar-refractivity contribution in [3.05, 3.63) is 64.5 Å². The molecule has 1 unspecified atom stereocenters. The van der Waals surface area contributed by atoms with Gasteiger partial charge in [0.05, 0.1) is 6.54 Å². The zero-order chi connectivity index (χ0) is 20.2. The van der Waals surface area contributed by atoms with Gasteiger partial charge < -0.3 is 10.2 Å². The molecule has 1 saturated heterocycles. The Labute approximate surface area is 181 Å². The number of nitrogens with zero attached hydrogens (tertiary/aromatic N) is 3. The van der Waals surface area contributed by atoms with E-state index in [1.807, 2.05) is 45.6 Å². The maximum Gasteiger partial charge on any atom is 0.274 e. The SMILES string of the molecule is C=CCn1nc(C(=O)N2CCSCC2)c2c1CCC(NCc1cccc(Cl)c1)C2. The number of carbonyl (C=O) groups excluding carboxylic acids is 1. The van der Waals surface area contributed by atoms with Gasteiger partial charge in [-0.15, -0.1) is 6.58 Å². The summed E-state index contributed by atoms with van der Waals surface area (Å²) < 4.78 is 1.97. The van der Waals surface area contributed by atoms with E-state index in [-0.39, 0.29) is 5.91 Å². The first kappa shape index (κ1) is 20.5. The lowest BCUT2D eigenvalue weighted by Gasteiger charge is -2.27. The molecule has 0 bridgehead atoms. The van der Waals surface area contributed by atoms with Crippen LogP contribution >= 0.6 is 23.4 Å². The van der Waals surface area contributed by atoms with Gasteiger partial charge in [-0.05, 0) is 37.0 Å². The predicted molar refractivity (Wildman–Crippen MR) is 120 cm³/mol. The number of allylic oxidation sites excluding steroid dienone is 1. The number of rotatable bonds is 6. The predicted octanol–water partition coefficient (Wildman–Crippen LogP) is 3.56. The molecule has 7 heteroatoms. The molecule has 2 heterocycles. The van der Waals surface area contributed by atoms with Gasteiger partial charge in [-0.3, -0.25) is 9.48 Å². The molecule has 0 saturated carbocycles. The zero-order valence-electron chi connectivity index (χ0n) is 16.6. The number of benzene rings is 1. The minimum atomic E-state index is 0.0832. The molecule has 1 amide bonds. The van der Waals surface area contributed by atoms with Crippen molar-refractivity contribution in [1.29, 1.82) is 0 Å². The summed E-state index contributed by atoms with van der Waals surface area (Å²) in [6.07, 6.45) is 4.64. The van der Waals surface area contributed by atoms with Crippen LogP contribution in [0.15, 0.2) is 36.9 Å². The molecular formula is C22H27ClN4OS. The van der Waals surface area contributed by atoms with Crippen LogP contribution in [0, 0.1) is 0 Å². The summed E-state index contributed by atoms with van der Waals surface area (Å²) in [5.41, 5.74) is 4.13. The molecule has 1 N–H and O–H groups in total. The maximum absolute atomic E-state index is 13.2. The van der Waals surface area contributed by atoms with E-state index >= 15 is 0 Å². The molecule has 2 aliphatic rings.